The zero-order chi connectivity index (χ0) is 5.11. The lowest BCUT2D eigenvalue weighted by molar-refractivity contribution is 0.512. The van der Waals surface area contributed by atoms with Gasteiger partial charge in [-0.25, -0.2) is 0 Å². The molecule has 7 heavy (non-hydrogen) atoms. The molecule has 0 atom stereocenters. The molecule has 0 saturated heterocycles. The summed E-state index contributed by atoms with van der Waals surface area (Å²) in [6.45, 7) is 0.462. The van der Waals surface area contributed by atoms with Gasteiger partial charge in [0.2, 0.25) is 0 Å². The summed E-state index contributed by atoms with van der Waals surface area (Å²) in [4.78, 5) is 0. The fraction of sp³-hybridized carbons (Fsp3) is 0.200. The van der Waals surface area contributed by atoms with Gasteiger partial charge in [-0.3, -0.25) is 0 Å². The van der Waals surface area contributed by atoms with E-state index in [-0.39, 0.29) is 0 Å². The van der Waals surface area contributed by atoms with E-state index < -0.39 is 0 Å². The zero-order valence-corrected chi connectivity index (χ0v) is 3.85. The second kappa shape index (κ2) is 1.80. The van der Waals surface area contributed by atoms with E-state index in [1.807, 2.05) is 0 Å². The first kappa shape index (κ1) is 4.40. The van der Waals surface area contributed by atoms with Crippen LogP contribution in [0.25, 0.3) is 0 Å². The van der Waals surface area contributed by atoms with Crippen LogP contribution in [0.15, 0.2) is 16.7 Å². The van der Waals surface area contributed by atoms with Crippen LogP contribution >= 0.6 is 0 Å². The van der Waals surface area contributed by atoms with Gasteiger partial charge in [-0.2, -0.15) is 0 Å². The lowest BCUT2D eigenvalue weighted by Gasteiger charge is -1.80. The fourth-order valence-electron chi connectivity index (χ4n) is 0.378. The van der Waals surface area contributed by atoms with E-state index in [1.165, 1.54) is 6.26 Å². The molecule has 1 heterocycles. The molecule has 2 nitrogen and oxygen atoms in total. The van der Waals surface area contributed by atoms with Crippen molar-refractivity contribution in [3.63, 3.8) is 0 Å². The van der Waals surface area contributed by atoms with Crippen molar-refractivity contribution in [2.24, 2.45) is 5.73 Å². The molecule has 0 aliphatic carbocycles. The normalized spacial score (nSPS) is 9.29. The van der Waals surface area contributed by atoms with E-state index in [1.54, 1.807) is 6.07 Å². The highest BCUT2D eigenvalue weighted by molar-refractivity contribution is 4.94. The third-order valence-corrected chi connectivity index (χ3v) is 0.724. The molecule has 1 aromatic rings. The molecular formula is C5H6NO. The maximum absolute atomic E-state index is 5.18. The molecule has 0 fully saturated rings. The zero-order valence-electron chi connectivity index (χ0n) is 3.85. The average molecular weight is 96.1 g/mol. The minimum Gasteiger partial charge on any atom is -0.467 e. The molecule has 0 unspecified atom stereocenters. The summed E-state index contributed by atoms with van der Waals surface area (Å²) in [6, 6.07) is 4.46. The van der Waals surface area contributed by atoms with Crippen molar-refractivity contribution in [2.75, 3.05) is 0 Å². The molecule has 0 saturated carbocycles. The van der Waals surface area contributed by atoms with E-state index >= 15 is 0 Å². The highest BCUT2D eigenvalue weighted by atomic mass is 16.3. The first-order valence-electron chi connectivity index (χ1n) is 2.07. The second-order valence-corrected chi connectivity index (χ2v) is 1.22. The molecule has 0 spiro atoms. The number of rotatable bonds is 1. The predicted octanol–water partition coefficient (Wildman–Crippen LogP) is 0.538. The van der Waals surface area contributed by atoms with E-state index in [4.69, 9.17) is 10.2 Å². The van der Waals surface area contributed by atoms with Crippen molar-refractivity contribution in [1.29, 1.82) is 0 Å². The summed E-state index contributed by atoms with van der Waals surface area (Å²) in [6.07, 6.45) is 1.49. The Morgan fingerprint density at radius 2 is 2.71 bits per heavy atom. The summed E-state index contributed by atoms with van der Waals surface area (Å²) in [5.41, 5.74) is 5.18. The molecule has 37 valence electrons. The first-order valence-corrected chi connectivity index (χ1v) is 2.07. The Morgan fingerprint density at radius 1 is 1.86 bits per heavy atom. The molecule has 0 aliphatic rings. The van der Waals surface area contributed by atoms with Crippen molar-refractivity contribution < 1.29 is 4.42 Å². The molecular weight excluding hydrogens is 90.1 g/mol. The smallest absolute Gasteiger partial charge is 0.117 e. The van der Waals surface area contributed by atoms with E-state index in [0.717, 1.165) is 5.76 Å². The van der Waals surface area contributed by atoms with Gasteiger partial charge in [0.1, 0.15) is 5.76 Å². The number of hydrogen-bond acceptors (Lipinski definition) is 2. The van der Waals surface area contributed by atoms with E-state index in [9.17, 15) is 0 Å². The largest absolute Gasteiger partial charge is 0.467 e. The van der Waals surface area contributed by atoms with Gasteiger partial charge in [0, 0.05) is 6.07 Å². The average Bonchev–Trinajstić information content (AvgIpc) is 2.14. The summed E-state index contributed by atoms with van der Waals surface area (Å²) in [5, 5.41) is 0. The van der Waals surface area contributed by atoms with Crippen LogP contribution in [0.4, 0.5) is 0 Å². The van der Waals surface area contributed by atoms with Gasteiger partial charge in [0.05, 0.1) is 12.8 Å². The van der Waals surface area contributed by atoms with Gasteiger partial charge in [0.25, 0.3) is 0 Å². The maximum atomic E-state index is 5.18. The Hall–Kier alpha value is -0.760. The second-order valence-electron chi connectivity index (χ2n) is 1.22. The standard InChI is InChI=1S/C5H6NO/c6-4-5-2-1-3-7-5/h2-3H,4,6H2. The molecule has 0 bridgehead atoms. The lowest BCUT2D eigenvalue weighted by Crippen LogP contribution is -1.92. The van der Waals surface area contributed by atoms with Crippen molar-refractivity contribution in [2.45, 2.75) is 6.54 Å². The lowest BCUT2D eigenvalue weighted by atomic mass is 10.5. The molecule has 2 heteroatoms. The maximum Gasteiger partial charge on any atom is 0.117 e. The van der Waals surface area contributed by atoms with Crippen LogP contribution < -0.4 is 5.73 Å². The SMILES string of the molecule is NCc1c[c]co1. The van der Waals surface area contributed by atoms with Crippen LogP contribution in [-0.4, -0.2) is 0 Å². The van der Waals surface area contributed by atoms with Crippen LogP contribution in [0.2, 0.25) is 0 Å². The monoisotopic (exact) mass is 96.0 g/mol. The third-order valence-electron chi connectivity index (χ3n) is 0.724. The Kier molecular flexibility index (Phi) is 1.13. The van der Waals surface area contributed by atoms with E-state index in [0.29, 0.717) is 6.54 Å². The van der Waals surface area contributed by atoms with Crippen molar-refractivity contribution >= 4 is 0 Å². The quantitative estimate of drug-likeness (QED) is 0.554. The minimum atomic E-state index is 0.462. The molecule has 1 rings (SSSR count). The van der Waals surface area contributed by atoms with Crippen LogP contribution in [0, 0.1) is 6.07 Å². The fourth-order valence-corrected chi connectivity index (χ4v) is 0.378. The van der Waals surface area contributed by atoms with Crippen molar-refractivity contribution in [1.82, 2.24) is 0 Å². The molecule has 0 amide bonds. The Bertz CT molecular complexity index is 123. The first-order chi connectivity index (χ1) is 3.43. The van der Waals surface area contributed by atoms with Crippen LogP contribution in [0.5, 0.6) is 0 Å². The van der Waals surface area contributed by atoms with Crippen LogP contribution in [-0.2, 0) is 6.54 Å². The Balaban J connectivity index is 2.76. The number of furan rings is 1. The van der Waals surface area contributed by atoms with Gasteiger partial charge < -0.3 is 10.2 Å². The van der Waals surface area contributed by atoms with E-state index in [2.05, 4.69) is 6.07 Å². The summed E-state index contributed by atoms with van der Waals surface area (Å²) < 4.78 is 4.80. The predicted molar refractivity (Wildman–Crippen MR) is 25.4 cm³/mol. The third kappa shape index (κ3) is 0.810. The molecule has 2 N–H and O–H groups in total. The number of nitrogens with two attached hydrogens (primary N) is 1. The van der Waals surface area contributed by atoms with Crippen molar-refractivity contribution in [3.8, 4) is 0 Å². The van der Waals surface area contributed by atoms with Crippen LogP contribution in [0.3, 0.4) is 0 Å². The highest BCUT2D eigenvalue weighted by Gasteiger charge is 1.85. The molecule has 0 aliphatic heterocycles. The van der Waals surface area contributed by atoms with Gasteiger partial charge in [-0.05, 0) is 6.07 Å². The van der Waals surface area contributed by atoms with Gasteiger partial charge >= 0.3 is 0 Å². The Morgan fingerprint density at radius 3 is 3.00 bits per heavy atom. The topological polar surface area (TPSA) is 39.2 Å². The van der Waals surface area contributed by atoms with Gasteiger partial charge in [0.15, 0.2) is 0 Å². The molecule has 1 radical (unpaired) electrons. The van der Waals surface area contributed by atoms with Crippen molar-refractivity contribution in [3.05, 3.63) is 24.2 Å². The Labute approximate surface area is 41.9 Å². The summed E-state index contributed by atoms with van der Waals surface area (Å²) in [7, 11) is 0. The molecule has 1 aromatic heterocycles. The van der Waals surface area contributed by atoms with Gasteiger partial charge in [-0.15, -0.1) is 0 Å². The summed E-state index contributed by atoms with van der Waals surface area (Å²) >= 11 is 0. The summed E-state index contributed by atoms with van der Waals surface area (Å²) in [5.74, 6) is 0.778. The number of hydrogen-bond donors (Lipinski definition) is 1. The van der Waals surface area contributed by atoms with Gasteiger partial charge in [-0.1, -0.05) is 0 Å². The van der Waals surface area contributed by atoms with Crippen LogP contribution in [0.1, 0.15) is 5.76 Å². The molecule has 0 aromatic carbocycles. The highest BCUT2D eigenvalue weighted by Crippen LogP contribution is 1.94. The minimum absolute atomic E-state index is 0.462.